The van der Waals surface area contributed by atoms with Crippen molar-refractivity contribution < 1.29 is 31.1 Å². The molecule has 40 heavy (non-hydrogen) atoms. The van der Waals surface area contributed by atoms with E-state index >= 15 is 0 Å². The molecule has 2 amide bonds. The van der Waals surface area contributed by atoms with E-state index in [0.29, 0.717) is 49.0 Å². The summed E-state index contributed by atoms with van der Waals surface area (Å²) in [5.41, 5.74) is 2.88. The van der Waals surface area contributed by atoms with E-state index < -0.39 is 16.4 Å². The van der Waals surface area contributed by atoms with Gasteiger partial charge in [-0.05, 0) is 42.5 Å². The van der Waals surface area contributed by atoms with E-state index in [9.17, 15) is 26.4 Å². The molecular formula is C25H24F3N7O4S. The second kappa shape index (κ2) is 10.6. The maximum atomic E-state index is 12.7. The lowest BCUT2D eigenvalue weighted by Crippen LogP contribution is -2.50. The molecule has 3 N–H and O–H groups in total. The second-order valence-electron chi connectivity index (χ2n) is 9.07. The van der Waals surface area contributed by atoms with Gasteiger partial charge in [-0.2, -0.15) is 0 Å². The number of sulfonamides is 1. The number of urea groups is 1. The summed E-state index contributed by atoms with van der Waals surface area (Å²) in [7, 11) is -3.42. The molecule has 1 fully saturated rings. The van der Waals surface area contributed by atoms with E-state index in [4.69, 9.17) is 0 Å². The first-order valence-electron chi connectivity index (χ1n) is 12.0. The summed E-state index contributed by atoms with van der Waals surface area (Å²) in [5, 5.41) is 3.46. The molecule has 1 aliphatic rings. The second-order valence-corrected chi connectivity index (χ2v) is 10.8. The molecule has 5 rings (SSSR count). The number of benzene rings is 2. The number of fused-ring (bicyclic) bond motifs is 1. The summed E-state index contributed by atoms with van der Waals surface area (Å²) in [5.74, 6) is 0.319. The molecule has 0 unspecified atom stereocenters. The number of piperazine rings is 1. The minimum Gasteiger partial charge on any atom is -0.406 e. The summed E-state index contributed by atoms with van der Waals surface area (Å²) < 4.78 is 66.6. The number of amides is 2. The lowest BCUT2D eigenvalue weighted by Gasteiger charge is -2.35. The van der Waals surface area contributed by atoms with Gasteiger partial charge in [0.2, 0.25) is 10.0 Å². The highest BCUT2D eigenvalue weighted by Crippen LogP contribution is 2.30. The van der Waals surface area contributed by atoms with Gasteiger partial charge in [0, 0.05) is 48.8 Å². The van der Waals surface area contributed by atoms with Crippen molar-refractivity contribution in [3.63, 3.8) is 0 Å². The molecule has 2 aromatic heterocycles. The molecule has 2 aromatic carbocycles. The van der Waals surface area contributed by atoms with Crippen LogP contribution in [0.15, 0.2) is 60.9 Å². The minimum absolute atomic E-state index is 0.343. The smallest absolute Gasteiger partial charge is 0.406 e. The van der Waals surface area contributed by atoms with E-state index in [2.05, 4.69) is 29.7 Å². The van der Waals surface area contributed by atoms with Crippen molar-refractivity contribution in [2.45, 2.75) is 6.36 Å². The Balaban J connectivity index is 1.25. The minimum atomic E-state index is -4.79. The van der Waals surface area contributed by atoms with Crippen LogP contribution in [0.25, 0.3) is 22.3 Å². The van der Waals surface area contributed by atoms with Crippen LogP contribution in [0.2, 0.25) is 0 Å². The van der Waals surface area contributed by atoms with Crippen molar-refractivity contribution in [1.29, 1.82) is 0 Å². The van der Waals surface area contributed by atoms with Crippen molar-refractivity contribution >= 4 is 44.3 Å². The molecule has 3 heterocycles. The first-order valence-corrected chi connectivity index (χ1v) is 13.9. The Labute approximate surface area is 227 Å². The van der Waals surface area contributed by atoms with Gasteiger partial charge in [-0.25, -0.2) is 23.2 Å². The van der Waals surface area contributed by atoms with Gasteiger partial charge >= 0.3 is 12.4 Å². The molecule has 1 saturated heterocycles. The number of carbonyl (C=O) groups is 1. The van der Waals surface area contributed by atoms with Gasteiger partial charge in [-0.15, -0.1) is 13.2 Å². The maximum absolute atomic E-state index is 12.7. The lowest BCUT2D eigenvalue weighted by molar-refractivity contribution is -0.274. The summed E-state index contributed by atoms with van der Waals surface area (Å²) >= 11 is 0. The van der Waals surface area contributed by atoms with Crippen LogP contribution < -0.4 is 19.7 Å². The number of alkyl halides is 3. The molecule has 0 spiro atoms. The SMILES string of the molecule is CS(=O)(=O)Nc1cccc(-c2cc3c(N4CCN(C(=O)Nc5ccc(OC(F)(F)F)cc5)CC4)ncnc3[nH]2)c1. The fourth-order valence-electron chi connectivity index (χ4n) is 4.36. The Morgan fingerprint density at radius 2 is 1.73 bits per heavy atom. The number of halogens is 3. The Bertz CT molecular complexity index is 1630. The molecule has 0 saturated carbocycles. The highest BCUT2D eigenvalue weighted by Gasteiger charge is 2.31. The van der Waals surface area contributed by atoms with Gasteiger partial charge in [0.15, 0.2) is 0 Å². The quantitative estimate of drug-likeness (QED) is 0.313. The third kappa shape index (κ3) is 6.54. The summed E-state index contributed by atoms with van der Waals surface area (Å²) in [6.07, 6.45) is -2.25. The predicted molar refractivity (Wildman–Crippen MR) is 144 cm³/mol. The van der Waals surface area contributed by atoms with Crippen LogP contribution in [0.1, 0.15) is 0 Å². The Morgan fingerprint density at radius 1 is 1.00 bits per heavy atom. The molecule has 4 aromatic rings. The average molecular weight is 576 g/mol. The molecule has 0 radical (unpaired) electrons. The summed E-state index contributed by atoms with van der Waals surface area (Å²) in [6.45, 7) is 1.77. The molecule has 210 valence electrons. The van der Waals surface area contributed by atoms with Crippen LogP contribution >= 0.6 is 0 Å². The van der Waals surface area contributed by atoms with Crippen LogP contribution in [0.4, 0.5) is 35.2 Å². The molecule has 0 atom stereocenters. The molecular weight excluding hydrogens is 551 g/mol. The zero-order valence-electron chi connectivity index (χ0n) is 21.1. The number of nitrogens with zero attached hydrogens (tertiary/aromatic N) is 4. The van der Waals surface area contributed by atoms with Crippen molar-refractivity contribution in [3.05, 3.63) is 60.9 Å². The largest absolute Gasteiger partial charge is 0.573 e. The monoisotopic (exact) mass is 575 g/mol. The van der Waals surface area contributed by atoms with Crippen LogP contribution in [0.3, 0.4) is 0 Å². The fourth-order valence-corrected chi connectivity index (χ4v) is 4.92. The number of anilines is 3. The first-order chi connectivity index (χ1) is 18.9. The Hall–Kier alpha value is -4.53. The van der Waals surface area contributed by atoms with E-state index in [-0.39, 0.29) is 11.8 Å². The van der Waals surface area contributed by atoms with Crippen LogP contribution in [-0.4, -0.2) is 73.1 Å². The van der Waals surface area contributed by atoms with Crippen LogP contribution in [-0.2, 0) is 10.0 Å². The number of H-pyrrole nitrogens is 1. The lowest BCUT2D eigenvalue weighted by atomic mass is 10.1. The number of nitrogens with one attached hydrogen (secondary N) is 3. The van der Waals surface area contributed by atoms with Crippen LogP contribution in [0.5, 0.6) is 5.75 Å². The van der Waals surface area contributed by atoms with Crippen molar-refractivity contribution in [2.75, 3.05) is 47.4 Å². The van der Waals surface area contributed by atoms with E-state index in [1.165, 1.54) is 18.5 Å². The number of carbonyl (C=O) groups excluding carboxylic acids is 1. The predicted octanol–water partition coefficient (Wildman–Crippen LogP) is 4.25. The van der Waals surface area contributed by atoms with E-state index in [0.717, 1.165) is 35.0 Å². The number of rotatable bonds is 6. The van der Waals surface area contributed by atoms with Crippen molar-refractivity contribution in [2.24, 2.45) is 0 Å². The number of hydrogen-bond acceptors (Lipinski definition) is 7. The van der Waals surface area contributed by atoms with Gasteiger partial charge in [0.05, 0.1) is 11.6 Å². The maximum Gasteiger partial charge on any atom is 0.573 e. The average Bonchev–Trinajstić information content (AvgIpc) is 3.33. The summed E-state index contributed by atoms with van der Waals surface area (Å²) in [6, 6.07) is 13.4. The van der Waals surface area contributed by atoms with Gasteiger partial charge < -0.3 is 24.8 Å². The first kappa shape index (κ1) is 27.1. The molecule has 0 bridgehead atoms. The van der Waals surface area contributed by atoms with Crippen molar-refractivity contribution in [1.82, 2.24) is 19.9 Å². The van der Waals surface area contributed by atoms with Gasteiger partial charge in [-0.1, -0.05) is 12.1 Å². The zero-order chi connectivity index (χ0) is 28.5. The topological polar surface area (TPSA) is 133 Å². The third-order valence-electron chi connectivity index (χ3n) is 6.09. The molecule has 15 heteroatoms. The Morgan fingerprint density at radius 3 is 2.40 bits per heavy atom. The third-order valence-corrected chi connectivity index (χ3v) is 6.69. The van der Waals surface area contributed by atoms with Crippen molar-refractivity contribution in [3.8, 4) is 17.0 Å². The highest BCUT2D eigenvalue weighted by molar-refractivity contribution is 7.92. The zero-order valence-corrected chi connectivity index (χ0v) is 21.9. The van der Waals surface area contributed by atoms with E-state index in [1.54, 1.807) is 23.1 Å². The summed E-state index contributed by atoms with van der Waals surface area (Å²) in [4.78, 5) is 28.4. The molecule has 1 aliphatic heterocycles. The fraction of sp³-hybridized carbons (Fsp3) is 0.240. The number of aromatic nitrogens is 3. The van der Waals surface area contributed by atoms with Gasteiger partial charge in [0.1, 0.15) is 23.5 Å². The normalized spacial score (nSPS) is 14.3. The number of hydrogen-bond donors (Lipinski definition) is 3. The molecule has 11 nitrogen and oxygen atoms in total. The number of ether oxygens (including phenoxy) is 1. The molecule has 0 aliphatic carbocycles. The number of aromatic amines is 1. The highest BCUT2D eigenvalue weighted by atomic mass is 32.2. The van der Waals surface area contributed by atoms with Gasteiger partial charge in [0.25, 0.3) is 0 Å². The van der Waals surface area contributed by atoms with E-state index in [1.807, 2.05) is 17.0 Å². The Kier molecular flexibility index (Phi) is 7.14. The van der Waals surface area contributed by atoms with Gasteiger partial charge in [-0.3, -0.25) is 4.72 Å². The van der Waals surface area contributed by atoms with Crippen LogP contribution in [0, 0.1) is 0 Å². The standard InChI is InChI=1S/C25H24F3N7O4S/c1-40(37,38)33-18-4-2-3-16(13-18)21-14-20-22(32-21)29-15-30-23(20)34-9-11-35(12-10-34)24(36)31-17-5-7-19(8-6-17)39-25(26,27)28/h2-8,13-15,33H,9-12H2,1H3,(H,31,36)(H,29,30,32).